The minimum atomic E-state index is -1.12. The zero-order valence-corrected chi connectivity index (χ0v) is 15.3. The van der Waals surface area contributed by atoms with Gasteiger partial charge in [-0.2, -0.15) is 0 Å². The lowest BCUT2D eigenvalue weighted by molar-refractivity contribution is -0.0502. The number of hydrogen-bond acceptors (Lipinski definition) is 6. The maximum atomic E-state index is 10.6. The molecule has 142 valence electrons. The van der Waals surface area contributed by atoms with Crippen molar-refractivity contribution in [2.75, 3.05) is 24.6 Å². The number of anilines is 1. The molecule has 0 radical (unpaired) electrons. The van der Waals surface area contributed by atoms with E-state index in [1.807, 2.05) is 11.5 Å². The van der Waals surface area contributed by atoms with E-state index in [0.717, 1.165) is 54.0 Å². The van der Waals surface area contributed by atoms with Gasteiger partial charge in [-0.1, -0.05) is 0 Å². The summed E-state index contributed by atoms with van der Waals surface area (Å²) in [6.45, 7) is 5.59. The predicted octanol–water partition coefficient (Wildman–Crippen LogP) is 1.25. The van der Waals surface area contributed by atoms with Gasteiger partial charge < -0.3 is 25.0 Å². The summed E-state index contributed by atoms with van der Waals surface area (Å²) < 4.78 is 7.73. The van der Waals surface area contributed by atoms with Crippen LogP contribution in [0.15, 0.2) is 12.1 Å². The Morgan fingerprint density at radius 3 is 2.42 bits per heavy atom. The van der Waals surface area contributed by atoms with Crippen LogP contribution in [0, 0.1) is 13.8 Å². The average molecular weight is 361 g/mol. The number of aliphatic hydroxyl groups is 3. The number of aliphatic hydroxyl groups excluding tert-OH is 3. The molecule has 0 unspecified atom stereocenters. The number of aromatic nitrogens is 2. The van der Waals surface area contributed by atoms with Crippen LogP contribution in [0.3, 0.4) is 0 Å². The Morgan fingerprint density at radius 2 is 1.77 bits per heavy atom. The van der Waals surface area contributed by atoms with Crippen LogP contribution in [0.4, 0.5) is 5.95 Å². The van der Waals surface area contributed by atoms with Crippen LogP contribution in [0.1, 0.15) is 36.6 Å². The van der Waals surface area contributed by atoms with E-state index in [2.05, 4.69) is 24.0 Å². The largest absolute Gasteiger partial charge is 0.394 e. The topological polar surface area (TPSA) is 91.0 Å². The van der Waals surface area contributed by atoms with E-state index in [-0.39, 0.29) is 6.61 Å². The predicted molar refractivity (Wildman–Crippen MR) is 98.3 cm³/mol. The molecule has 26 heavy (non-hydrogen) atoms. The van der Waals surface area contributed by atoms with Crippen molar-refractivity contribution in [1.82, 2.24) is 9.55 Å². The molecule has 0 spiro atoms. The number of nitrogens with zero attached hydrogens (tertiary/aromatic N) is 3. The van der Waals surface area contributed by atoms with E-state index in [4.69, 9.17) is 9.72 Å². The summed E-state index contributed by atoms with van der Waals surface area (Å²) in [4.78, 5) is 7.07. The lowest BCUT2D eigenvalue weighted by atomic mass is 10.1. The summed E-state index contributed by atoms with van der Waals surface area (Å²) in [5.74, 6) is 0.763. The standard InChI is InChI=1S/C19H27N3O4/c1-11-8-13-14(9-12(11)2)22(18-17(25)16(24)15(10-23)26-18)19(20-13)21-6-4-3-5-7-21/h8-9,15-18,23-25H,3-7,10H2,1-2H3/t15-,16+,17+,18+/m0/s1. The second-order valence-corrected chi connectivity index (χ2v) is 7.48. The SMILES string of the molecule is Cc1cc2nc(N3CCCCC3)n([C@@H]3O[C@@H](CO)[C@@H](O)[C@H]3O)c2cc1C. The van der Waals surface area contributed by atoms with E-state index < -0.39 is 24.5 Å². The third-order valence-electron chi connectivity index (χ3n) is 5.70. The minimum Gasteiger partial charge on any atom is -0.394 e. The van der Waals surface area contributed by atoms with Crippen molar-refractivity contribution in [1.29, 1.82) is 0 Å². The maximum absolute atomic E-state index is 10.6. The molecule has 2 saturated heterocycles. The highest BCUT2D eigenvalue weighted by Gasteiger charge is 2.45. The fourth-order valence-electron chi connectivity index (χ4n) is 4.00. The fourth-order valence-corrected chi connectivity index (χ4v) is 4.00. The van der Waals surface area contributed by atoms with Gasteiger partial charge in [0.2, 0.25) is 5.95 Å². The van der Waals surface area contributed by atoms with Crippen LogP contribution in [-0.4, -0.2) is 62.9 Å². The number of piperidine rings is 1. The molecule has 4 atom stereocenters. The van der Waals surface area contributed by atoms with Gasteiger partial charge in [0.15, 0.2) is 6.23 Å². The van der Waals surface area contributed by atoms with Crippen molar-refractivity contribution in [3.63, 3.8) is 0 Å². The van der Waals surface area contributed by atoms with Gasteiger partial charge in [0.05, 0.1) is 17.6 Å². The summed E-state index contributed by atoms with van der Waals surface area (Å²) in [5.41, 5.74) is 4.03. The summed E-state index contributed by atoms with van der Waals surface area (Å²) in [6.07, 6.45) is -0.380. The maximum Gasteiger partial charge on any atom is 0.208 e. The molecule has 3 N–H and O–H groups in total. The first-order chi connectivity index (χ1) is 12.5. The zero-order valence-electron chi connectivity index (χ0n) is 15.3. The fraction of sp³-hybridized carbons (Fsp3) is 0.632. The Balaban J connectivity index is 1.86. The van der Waals surface area contributed by atoms with Gasteiger partial charge in [-0.3, -0.25) is 4.57 Å². The third kappa shape index (κ3) is 2.79. The molecule has 2 fully saturated rings. The van der Waals surface area contributed by atoms with Gasteiger partial charge in [0, 0.05) is 13.1 Å². The molecule has 2 aliphatic rings. The number of benzene rings is 1. The monoisotopic (exact) mass is 361 g/mol. The van der Waals surface area contributed by atoms with Gasteiger partial charge in [0.25, 0.3) is 0 Å². The van der Waals surface area contributed by atoms with Crippen molar-refractivity contribution in [2.24, 2.45) is 0 Å². The molecular formula is C19H27N3O4. The lowest BCUT2D eigenvalue weighted by Gasteiger charge is -2.30. The quantitative estimate of drug-likeness (QED) is 0.762. The highest BCUT2D eigenvalue weighted by atomic mass is 16.6. The van der Waals surface area contributed by atoms with Crippen LogP contribution in [0.2, 0.25) is 0 Å². The lowest BCUT2D eigenvalue weighted by Crippen LogP contribution is -2.35. The normalized spacial score (nSPS) is 29.7. The van der Waals surface area contributed by atoms with Crippen LogP contribution in [0.25, 0.3) is 11.0 Å². The highest BCUT2D eigenvalue weighted by molar-refractivity contribution is 5.81. The number of imidazole rings is 1. The first-order valence-electron chi connectivity index (χ1n) is 9.38. The summed E-state index contributed by atoms with van der Waals surface area (Å²) in [5, 5.41) is 30.2. The first kappa shape index (κ1) is 17.7. The Labute approximate surface area is 152 Å². The number of hydrogen-bond donors (Lipinski definition) is 3. The Kier molecular flexibility index (Phi) is 4.64. The number of rotatable bonds is 3. The van der Waals surface area contributed by atoms with E-state index in [0.29, 0.717) is 0 Å². The molecule has 0 saturated carbocycles. The second-order valence-electron chi connectivity index (χ2n) is 7.48. The molecule has 7 nitrogen and oxygen atoms in total. The van der Waals surface area contributed by atoms with Crippen molar-refractivity contribution in [2.45, 2.75) is 57.6 Å². The minimum absolute atomic E-state index is 0.335. The van der Waals surface area contributed by atoms with Crippen molar-refractivity contribution < 1.29 is 20.1 Å². The van der Waals surface area contributed by atoms with Crippen LogP contribution in [-0.2, 0) is 4.74 Å². The van der Waals surface area contributed by atoms with Crippen LogP contribution >= 0.6 is 0 Å². The summed E-state index contributed by atoms with van der Waals surface area (Å²) >= 11 is 0. The number of ether oxygens (including phenoxy) is 1. The molecule has 2 aliphatic heterocycles. The molecule has 7 heteroatoms. The van der Waals surface area contributed by atoms with E-state index >= 15 is 0 Å². The average Bonchev–Trinajstić information content (AvgIpc) is 3.14. The Hall–Kier alpha value is -1.67. The molecule has 2 aromatic rings. The molecule has 4 rings (SSSR count). The third-order valence-corrected chi connectivity index (χ3v) is 5.70. The molecule has 0 amide bonds. The van der Waals surface area contributed by atoms with Crippen molar-refractivity contribution >= 4 is 17.0 Å². The summed E-state index contributed by atoms with van der Waals surface area (Å²) in [6, 6.07) is 4.11. The first-order valence-corrected chi connectivity index (χ1v) is 9.38. The smallest absolute Gasteiger partial charge is 0.208 e. The Bertz CT molecular complexity index is 800. The van der Waals surface area contributed by atoms with Crippen LogP contribution < -0.4 is 4.90 Å². The molecule has 0 aliphatic carbocycles. The van der Waals surface area contributed by atoms with Crippen molar-refractivity contribution in [3.05, 3.63) is 23.3 Å². The van der Waals surface area contributed by atoms with Gasteiger partial charge in [-0.25, -0.2) is 4.98 Å². The van der Waals surface area contributed by atoms with Crippen LogP contribution in [0.5, 0.6) is 0 Å². The molecule has 1 aromatic heterocycles. The van der Waals surface area contributed by atoms with Gasteiger partial charge in [-0.15, -0.1) is 0 Å². The molecule has 1 aromatic carbocycles. The van der Waals surface area contributed by atoms with Gasteiger partial charge in [-0.05, 0) is 56.4 Å². The van der Waals surface area contributed by atoms with E-state index in [1.54, 1.807) is 0 Å². The number of fused-ring (bicyclic) bond motifs is 1. The molecule has 0 bridgehead atoms. The zero-order chi connectivity index (χ0) is 18.4. The van der Waals surface area contributed by atoms with Gasteiger partial charge in [0.1, 0.15) is 18.3 Å². The Morgan fingerprint density at radius 1 is 1.08 bits per heavy atom. The number of aryl methyl sites for hydroxylation is 2. The van der Waals surface area contributed by atoms with Crippen molar-refractivity contribution in [3.8, 4) is 0 Å². The summed E-state index contributed by atoms with van der Waals surface area (Å²) in [7, 11) is 0. The second kappa shape index (κ2) is 6.81. The van der Waals surface area contributed by atoms with Gasteiger partial charge >= 0.3 is 0 Å². The van der Waals surface area contributed by atoms with E-state index in [9.17, 15) is 15.3 Å². The highest BCUT2D eigenvalue weighted by Crippen LogP contribution is 2.37. The van der Waals surface area contributed by atoms with E-state index in [1.165, 1.54) is 6.42 Å². The molecular weight excluding hydrogens is 334 g/mol. The molecule has 3 heterocycles.